The van der Waals surface area contributed by atoms with Gasteiger partial charge in [-0.15, -0.1) is 0 Å². The van der Waals surface area contributed by atoms with Gasteiger partial charge in [-0.1, -0.05) is 30.3 Å². The quantitative estimate of drug-likeness (QED) is 0.0839. The number of carbonyl (C=O) groups is 3. The Morgan fingerprint density at radius 3 is 2.66 bits per heavy atom. The standard InChI is InChI=1S/C40H44N12O4/c1-25-6-3-9-32(47-25)37-36(28-13-16-35-45-24-46-52(35)22-28)49-34(50-37)20-44-31-8-4-7-27-21-51(19-17-30(27)31)40(55)56-23-26-11-14-29(15-12-26)48-38(53)33(42-2)10-5-18-43-39(41)54/h3-4,6-9,11-16,22,24,33,42,44H,5,10,17-21,23H2,1-2H3,(H,48,53)(H,49,50)(H3,41,43,54)/t33-/m0/s1. The molecule has 7 rings (SSSR count). The average molecular weight is 757 g/mol. The van der Waals surface area contributed by atoms with Crippen molar-refractivity contribution < 1.29 is 19.1 Å². The Kier molecular flexibility index (Phi) is 11.5. The van der Waals surface area contributed by atoms with Gasteiger partial charge in [-0.25, -0.2) is 24.1 Å². The van der Waals surface area contributed by atoms with Gasteiger partial charge in [0.1, 0.15) is 18.8 Å². The molecule has 0 spiro atoms. The minimum atomic E-state index is -0.590. The van der Waals surface area contributed by atoms with Gasteiger partial charge in [-0.2, -0.15) is 5.10 Å². The molecule has 7 N–H and O–H groups in total. The van der Waals surface area contributed by atoms with Crippen LogP contribution in [0.5, 0.6) is 0 Å². The van der Waals surface area contributed by atoms with Crippen LogP contribution >= 0.6 is 0 Å². The zero-order valence-corrected chi connectivity index (χ0v) is 31.2. The maximum absolute atomic E-state index is 13.2. The van der Waals surface area contributed by atoms with Crippen molar-refractivity contribution in [3.8, 4) is 22.6 Å². The minimum absolute atomic E-state index is 0.0991. The predicted molar refractivity (Wildman–Crippen MR) is 211 cm³/mol. The van der Waals surface area contributed by atoms with Gasteiger partial charge in [0.05, 0.1) is 29.7 Å². The summed E-state index contributed by atoms with van der Waals surface area (Å²) >= 11 is 0. The van der Waals surface area contributed by atoms with Crippen LogP contribution in [0.4, 0.5) is 21.0 Å². The second-order valence-corrected chi connectivity index (χ2v) is 13.5. The lowest BCUT2D eigenvalue weighted by atomic mass is 9.98. The first-order chi connectivity index (χ1) is 27.2. The number of hydrogen-bond donors (Lipinski definition) is 6. The summed E-state index contributed by atoms with van der Waals surface area (Å²) in [4.78, 5) is 56.0. The number of aromatic nitrogens is 6. The Hall–Kier alpha value is -6.81. The van der Waals surface area contributed by atoms with Crippen LogP contribution in [0, 0.1) is 6.92 Å². The second-order valence-electron chi connectivity index (χ2n) is 13.5. The number of nitrogens with one attached hydrogen (secondary N) is 5. The van der Waals surface area contributed by atoms with E-state index in [0.29, 0.717) is 51.1 Å². The number of benzene rings is 2. The number of imidazole rings is 1. The molecule has 56 heavy (non-hydrogen) atoms. The number of likely N-dealkylation sites (N-methyl/N-ethyl adjacent to an activating group) is 1. The maximum atomic E-state index is 13.2. The van der Waals surface area contributed by atoms with E-state index in [0.717, 1.165) is 62.2 Å². The van der Waals surface area contributed by atoms with E-state index in [1.807, 2.05) is 73.8 Å². The normalized spacial score (nSPS) is 12.9. The fourth-order valence-electron chi connectivity index (χ4n) is 6.72. The lowest BCUT2D eigenvalue weighted by Crippen LogP contribution is -2.39. The molecule has 0 aliphatic carbocycles. The van der Waals surface area contributed by atoms with Gasteiger partial charge in [-0.3, -0.25) is 9.78 Å². The van der Waals surface area contributed by atoms with Crippen molar-refractivity contribution in [2.75, 3.05) is 30.8 Å². The van der Waals surface area contributed by atoms with Gasteiger partial charge in [0, 0.05) is 48.5 Å². The van der Waals surface area contributed by atoms with Crippen LogP contribution in [0.25, 0.3) is 28.3 Å². The number of fused-ring (bicyclic) bond motifs is 2. The number of urea groups is 1. The Balaban J connectivity index is 0.945. The van der Waals surface area contributed by atoms with Gasteiger partial charge in [0.25, 0.3) is 0 Å². The first kappa shape index (κ1) is 37.5. The Labute approximate surface area is 323 Å². The largest absolute Gasteiger partial charge is 0.445 e. The van der Waals surface area contributed by atoms with E-state index in [4.69, 9.17) is 20.4 Å². The highest BCUT2D eigenvalue weighted by atomic mass is 16.6. The van der Waals surface area contributed by atoms with Crippen LogP contribution in [-0.4, -0.2) is 78.7 Å². The van der Waals surface area contributed by atoms with E-state index >= 15 is 0 Å². The van der Waals surface area contributed by atoms with Crippen LogP contribution < -0.4 is 27.0 Å². The summed E-state index contributed by atoms with van der Waals surface area (Å²) in [7, 11) is 1.71. The summed E-state index contributed by atoms with van der Waals surface area (Å²) < 4.78 is 7.42. The second kappa shape index (κ2) is 17.1. The molecule has 0 saturated carbocycles. The smallest absolute Gasteiger partial charge is 0.410 e. The van der Waals surface area contributed by atoms with Crippen molar-refractivity contribution in [1.29, 1.82) is 0 Å². The molecule has 6 aromatic rings. The third kappa shape index (κ3) is 8.93. The van der Waals surface area contributed by atoms with E-state index in [1.54, 1.807) is 28.6 Å². The van der Waals surface area contributed by atoms with Crippen molar-refractivity contribution in [2.45, 2.75) is 51.9 Å². The molecule has 1 aliphatic rings. The number of H-pyrrole nitrogens is 1. The Morgan fingerprint density at radius 2 is 1.86 bits per heavy atom. The molecule has 16 heteroatoms. The molecule has 1 aliphatic heterocycles. The van der Waals surface area contributed by atoms with Gasteiger partial charge in [0.15, 0.2) is 5.65 Å². The van der Waals surface area contributed by atoms with Crippen molar-refractivity contribution in [3.05, 3.63) is 114 Å². The Morgan fingerprint density at radius 1 is 1.02 bits per heavy atom. The molecule has 0 radical (unpaired) electrons. The molecule has 4 amide bonds. The van der Waals surface area contributed by atoms with E-state index in [-0.39, 0.29) is 12.5 Å². The number of aromatic amines is 1. The van der Waals surface area contributed by atoms with Gasteiger partial charge in [-0.05, 0) is 92.4 Å². The zero-order valence-electron chi connectivity index (χ0n) is 31.2. The van der Waals surface area contributed by atoms with Gasteiger partial charge < -0.3 is 41.6 Å². The fourth-order valence-corrected chi connectivity index (χ4v) is 6.72. The van der Waals surface area contributed by atoms with Crippen molar-refractivity contribution in [3.63, 3.8) is 0 Å². The molecular weight excluding hydrogens is 713 g/mol. The number of carbonyl (C=O) groups excluding carboxylic acids is 3. The zero-order chi connectivity index (χ0) is 39.0. The first-order valence-corrected chi connectivity index (χ1v) is 18.4. The number of ether oxygens (including phenoxy) is 1. The highest BCUT2D eigenvalue weighted by molar-refractivity contribution is 5.94. The number of nitrogens with zero attached hydrogens (tertiary/aromatic N) is 6. The summed E-state index contributed by atoms with van der Waals surface area (Å²) in [5, 5.41) is 16.3. The molecule has 2 aromatic carbocycles. The molecule has 288 valence electrons. The van der Waals surface area contributed by atoms with Crippen LogP contribution in [0.15, 0.2) is 85.3 Å². The highest BCUT2D eigenvalue weighted by Crippen LogP contribution is 2.31. The maximum Gasteiger partial charge on any atom is 0.410 e. The summed E-state index contributed by atoms with van der Waals surface area (Å²) in [5.74, 6) is 0.562. The van der Waals surface area contributed by atoms with Crippen molar-refractivity contribution in [2.24, 2.45) is 5.73 Å². The number of hydrogen-bond acceptors (Lipinski definition) is 10. The molecule has 0 fully saturated rings. The first-order valence-electron chi connectivity index (χ1n) is 18.4. The SMILES string of the molecule is CN[C@@H](CCCNC(N)=O)C(=O)Nc1ccc(COC(=O)N2CCc3c(cccc3NCc3nc(-c4ccc5ncnn5c4)c(-c4cccc(C)n4)[nH]3)C2)cc1. The van der Waals surface area contributed by atoms with Crippen LogP contribution in [0.3, 0.4) is 0 Å². The topological polar surface area (TPSA) is 210 Å². The van der Waals surface area contributed by atoms with Crippen LogP contribution in [0.1, 0.15) is 41.1 Å². The summed E-state index contributed by atoms with van der Waals surface area (Å²) in [6.45, 7) is 3.84. The number of aryl methyl sites for hydroxylation is 1. The lowest BCUT2D eigenvalue weighted by molar-refractivity contribution is -0.118. The summed E-state index contributed by atoms with van der Waals surface area (Å²) in [6, 6.07) is 22.0. The molecule has 0 bridgehead atoms. The van der Waals surface area contributed by atoms with Crippen molar-refractivity contribution >= 4 is 35.1 Å². The highest BCUT2D eigenvalue weighted by Gasteiger charge is 2.24. The molecular formula is C40H44N12O4. The van der Waals surface area contributed by atoms with Crippen LogP contribution in [-0.2, 0) is 35.6 Å². The van der Waals surface area contributed by atoms with Crippen LogP contribution in [0.2, 0.25) is 0 Å². The van der Waals surface area contributed by atoms with E-state index in [1.165, 1.54) is 6.33 Å². The number of amides is 4. The molecule has 1 atom stereocenters. The third-order valence-corrected chi connectivity index (χ3v) is 9.63. The predicted octanol–water partition coefficient (Wildman–Crippen LogP) is 4.77. The van der Waals surface area contributed by atoms with Gasteiger partial charge in [0.2, 0.25) is 5.91 Å². The summed E-state index contributed by atoms with van der Waals surface area (Å²) in [6.07, 6.45) is 4.83. The number of pyridine rings is 2. The van der Waals surface area contributed by atoms with E-state index < -0.39 is 18.2 Å². The molecule has 5 heterocycles. The fraction of sp³-hybridized carbons (Fsp3) is 0.275. The number of nitrogens with two attached hydrogens (primary N) is 1. The minimum Gasteiger partial charge on any atom is -0.445 e. The van der Waals surface area contributed by atoms with Gasteiger partial charge >= 0.3 is 12.1 Å². The van der Waals surface area contributed by atoms with E-state index in [2.05, 4.69) is 36.3 Å². The number of anilines is 2. The lowest BCUT2D eigenvalue weighted by Gasteiger charge is -2.29. The molecule has 0 saturated heterocycles. The third-order valence-electron chi connectivity index (χ3n) is 9.63. The molecule has 16 nitrogen and oxygen atoms in total. The number of rotatable bonds is 14. The molecule has 0 unspecified atom stereocenters. The molecule has 4 aromatic heterocycles. The average Bonchev–Trinajstić information content (AvgIpc) is 3.86. The van der Waals surface area contributed by atoms with E-state index in [9.17, 15) is 14.4 Å². The Bertz CT molecular complexity index is 2340. The summed E-state index contributed by atoms with van der Waals surface area (Å²) in [5.41, 5.74) is 14.6. The monoisotopic (exact) mass is 756 g/mol. The van der Waals surface area contributed by atoms with Crippen molar-refractivity contribution in [1.82, 2.24) is 45.1 Å². The number of primary amides is 1.